The van der Waals surface area contributed by atoms with Gasteiger partial charge < -0.3 is 19.5 Å². The minimum absolute atomic E-state index is 0.0134. The quantitative estimate of drug-likeness (QED) is 0.460. The van der Waals surface area contributed by atoms with Crippen LogP contribution < -0.4 is 14.8 Å². The van der Waals surface area contributed by atoms with Gasteiger partial charge in [0.05, 0.1) is 11.3 Å². The second kappa shape index (κ2) is 8.38. The minimum atomic E-state index is -0.563. The van der Waals surface area contributed by atoms with Crippen molar-refractivity contribution in [2.45, 2.75) is 13.3 Å². The number of hydrogen-bond acceptors (Lipinski definition) is 7. The van der Waals surface area contributed by atoms with Crippen molar-refractivity contribution in [3.05, 3.63) is 57.6 Å². The summed E-state index contributed by atoms with van der Waals surface area (Å²) in [7, 11) is 0. The maximum absolute atomic E-state index is 12.0. The van der Waals surface area contributed by atoms with Crippen molar-refractivity contribution in [2.75, 3.05) is 25.1 Å². The molecule has 1 aliphatic rings. The first kappa shape index (κ1) is 19.2. The van der Waals surface area contributed by atoms with Crippen LogP contribution in [-0.4, -0.2) is 36.6 Å². The normalized spacial score (nSPS) is 12.2. The second-order valence-corrected chi connectivity index (χ2v) is 6.12. The molecule has 2 aromatic rings. The fourth-order valence-electron chi connectivity index (χ4n) is 2.65. The summed E-state index contributed by atoms with van der Waals surface area (Å²) in [6.45, 7) is 2.11. The van der Waals surface area contributed by atoms with E-state index >= 15 is 0 Å². The van der Waals surface area contributed by atoms with Crippen LogP contribution in [0.15, 0.2) is 36.4 Å². The number of nitro groups is 1. The van der Waals surface area contributed by atoms with E-state index in [4.69, 9.17) is 14.2 Å². The van der Waals surface area contributed by atoms with Gasteiger partial charge in [0.15, 0.2) is 18.1 Å². The standard InChI is InChI=1S/C19H18N2O7/c1-12-8-14(21(24)25)3-4-15(12)20-18(22)11-28-19(23)10-13-2-5-16-17(9-13)27-7-6-26-16/h2-5,8-9H,6-7,10-11H2,1H3,(H,20,22). The summed E-state index contributed by atoms with van der Waals surface area (Å²) < 4.78 is 15.9. The van der Waals surface area contributed by atoms with Crippen molar-refractivity contribution in [3.63, 3.8) is 0 Å². The fraction of sp³-hybridized carbons (Fsp3) is 0.263. The van der Waals surface area contributed by atoms with Crippen LogP contribution in [0.4, 0.5) is 11.4 Å². The lowest BCUT2D eigenvalue weighted by Gasteiger charge is -2.18. The first-order valence-corrected chi connectivity index (χ1v) is 8.51. The number of amides is 1. The van der Waals surface area contributed by atoms with Gasteiger partial charge in [0.2, 0.25) is 0 Å². The van der Waals surface area contributed by atoms with Crippen LogP contribution >= 0.6 is 0 Å². The number of non-ortho nitro benzene ring substituents is 1. The predicted octanol–water partition coefficient (Wildman–Crippen LogP) is 2.40. The van der Waals surface area contributed by atoms with Gasteiger partial charge in [0.1, 0.15) is 13.2 Å². The van der Waals surface area contributed by atoms with Crippen molar-refractivity contribution in [1.29, 1.82) is 0 Å². The molecule has 1 N–H and O–H groups in total. The fourth-order valence-corrected chi connectivity index (χ4v) is 2.65. The number of carbonyl (C=O) groups excluding carboxylic acids is 2. The highest BCUT2D eigenvalue weighted by Crippen LogP contribution is 2.30. The van der Waals surface area contributed by atoms with E-state index < -0.39 is 23.4 Å². The van der Waals surface area contributed by atoms with E-state index in [2.05, 4.69) is 5.32 Å². The molecule has 3 rings (SSSR count). The summed E-state index contributed by atoms with van der Waals surface area (Å²) in [6.07, 6.45) is -0.0134. The molecule has 9 heteroatoms. The first-order chi connectivity index (χ1) is 13.4. The molecule has 0 saturated heterocycles. The molecule has 2 aromatic carbocycles. The molecular weight excluding hydrogens is 368 g/mol. The summed E-state index contributed by atoms with van der Waals surface area (Å²) in [4.78, 5) is 34.2. The number of carbonyl (C=O) groups is 2. The minimum Gasteiger partial charge on any atom is -0.486 e. The molecule has 1 amide bonds. The highest BCUT2D eigenvalue weighted by molar-refractivity contribution is 5.93. The molecule has 0 unspecified atom stereocenters. The zero-order valence-electron chi connectivity index (χ0n) is 15.1. The zero-order valence-corrected chi connectivity index (χ0v) is 15.1. The van der Waals surface area contributed by atoms with Crippen LogP contribution in [0.5, 0.6) is 11.5 Å². The Balaban J connectivity index is 1.50. The number of anilines is 1. The molecule has 28 heavy (non-hydrogen) atoms. The van der Waals surface area contributed by atoms with Gasteiger partial charge in [-0.3, -0.25) is 19.7 Å². The third kappa shape index (κ3) is 4.76. The number of nitrogens with zero attached hydrogens (tertiary/aromatic N) is 1. The lowest BCUT2D eigenvalue weighted by molar-refractivity contribution is -0.384. The highest BCUT2D eigenvalue weighted by atomic mass is 16.6. The molecule has 1 aliphatic heterocycles. The Morgan fingerprint density at radius 2 is 1.89 bits per heavy atom. The van der Waals surface area contributed by atoms with Gasteiger partial charge in [0, 0.05) is 17.8 Å². The molecule has 0 aromatic heterocycles. The number of benzene rings is 2. The van der Waals surface area contributed by atoms with E-state index in [0.717, 1.165) is 0 Å². The average molecular weight is 386 g/mol. The zero-order chi connectivity index (χ0) is 20.1. The van der Waals surface area contributed by atoms with Crippen LogP contribution in [0, 0.1) is 17.0 Å². The molecule has 0 spiro atoms. The maximum Gasteiger partial charge on any atom is 0.310 e. The topological polar surface area (TPSA) is 117 Å². The number of aryl methyl sites for hydroxylation is 1. The first-order valence-electron chi connectivity index (χ1n) is 8.51. The van der Waals surface area contributed by atoms with Crippen LogP contribution in [0.1, 0.15) is 11.1 Å². The van der Waals surface area contributed by atoms with E-state index in [-0.39, 0.29) is 12.1 Å². The number of fused-ring (bicyclic) bond motifs is 1. The average Bonchev–Trinajstić information content (AvgIpc) is 2.67. The smallest absolute Gasteiger partial charge is 0.310 e. The van der Waals surface area contributed by atoms with Crippen LogP contribution in [0.25, 0.3) is 0 Å². The third-order valence-corrected chi connectivity index (χ3v) is 4.01. The van der Waals surface area contributed by atoms with Crippen molar-refractivity contribution in [1.82, 2.24) is 0 Å². The van der Waals surface area contributed by atoms with E-state index in [1.54, 1.807) is 25.1 Å². The summed E-state index contributed by atoms with van der Waals surface area (Å²) in [5.74, 6) is 0.101. The second-order valence-electron chi connectivity index (χ2n) is 6.12. The van der Waals surface area contributed by atoms with E-state index in [1.807, 2.05) is 0 Å². The lowest BCUT2D eigenvalue weighted by Crippen LogP contribution is -2.22. The Kier molecular flexibility index (Phi) is 5.73. The molecule has 0 bridgehead atoms. The predicted molar refractivity (Wildman–Crippen MR) is 98.6 cm³/mol. The van der Waals surface area contributed by atoms with Gasteiger partial charge in [-0.2, -0.15) is 0 Å². The van der Waals surface area contributed by atoms with Gasteiger partial charge in [-0.1, -0.05) is 6.07 Å². The van der Waals surface area contributed by atoms with E-state index in [1.165, 1.54) is 18.2 Å². The molecule has 0 atom stereocenters. The molecule has 9 nitrogen and oxygen atoms in total. The number of nitro benzene ring substituents is 1. The van der Waals surface area contributed by atoms with Crippen LogP contribution in [0.2, 0.25) is 0 Å². The Morgan fingerprint density at radius 1 is 1.14 bits per heavy atom. The SMILES string of the molecule is Cc1cc([N+](=O)[O-])ccc1NC(=O)COC(=O)Cc1ccc2c(c1)OCCO2. The Labute approximate surface area is 160 Å². The Bertz CT molecular complexity index is 926. The van der Waals surface area contributed by atoms with Gasteiger partial charge in [-0.25, -0.2) is 0 Å². The van der Waals surface area contributed by atoms with Gasteiger partial charge >= 0.3 is 5.97 Å². The summed E-state index contributed by atoms with van der Waals surface area (Å²) >= 11 is 0. The highest BCUT2D eigenvalue weighted by Gasteiger charge is 2.15. The lowest BCUT2D eigenvalue weighted by atomic mass is 10.1. The molecule has 0 aliphatic carbocycles. The van der Waals surface area contributed by atoms with Gasteiger partial charge in [-0.15, -0.1) is 0 Å². The van der Waals surface area contributed by atoms with E-state index in [9.17, 15) is 19.7 Å². The van der Waals surface area contributed by atoms with Crippen molar-refractivity contribution < 1.29 is 28.7 Å². The molecule has 0 saturated carbocycles. The number of rotatable bonds is 6. The van der Waals surface area contributed by atoms with E-state index in [0.29, 0.717) is 41.5 Å². The van der Waals surface area contributed by atoms with Crippen molar-refractivity contribution in [2.24, 2.45) is 0 Å². The van der Waals surface area contributed by atoms with Gasteiger partial charge in [0.25, 0.3) is 11.6 Å². The molecular formula is C19H18N2O7. The molecule has 146 valence electrons. The molecule has 0 radical (unpaired) electrons. The van der Waals surface area contributed by atoms with Crippen molar-refractivity contribution >= 4 is 23.3 Å². The van der Waals surface area contributed by atoms with Crippen LogP contribution in [-0.2, 0) is 20.7 Å². The number of nitrogens with one attached hydrogen (secondary N) is 1. The number of ether oxygens (including phenoxy) is 3. The molecule has 1 heterocycles. The Morgan fingerprint density at radius 3 is 2.61 bits per heavy atom. The number of esters is 1. The van der Waals surface area contributed by atoms with Crippen LogP contribution in [0.3, 0.4) is 0 Å². The maximum atomic E-state index is 12.0. The Hall–Kier alpha value is -3.62. The van der Waals surface area contributed by atoms with Gasteiger partial charge in [-0.05, 0) is 36.2 Å². The summed E-state index contributed by atoms with van der Waals surface area (Å²) in [5.41, 5.74) is 1.56. The molecule has 0 fully saturated rings. The summed E-state index contributed by atoms with van der Waals surface area (Å²) in [6, 6.07) is 9.23. The largest absolute Gasteiger partial charge is 0.486 e. The third-order valence-electron chi connectivity index (χ3n) is 4.01. The monoisotopic (exact) mass is 386 g/mol. The number of hydrogen-bond donors (Lipinski definition) is 1. The summed E-state index contributed by atoms with van der Waals surface area (Å²) in [5, 5.41) is 13.3. The van der Waals surface area contributed by atoms with Crippen molar-refractivity contribution in [3.8, 4) is 11.5 Å².